The highest BCUT2D eigenvalue weighted by Crippen LogP contribution is 2.21. The van der Waals surface area contributed by atoms with E-state index in [1.807, 2.05) is 0 Å². The first-order valence-corrected chi connectivity index (χ1v) is 9.91. The highest BCUT2D eigenvalue weighted by Gasteiger charge is 2.27. The molecule has 0 bridgehead atoms. The first-order chi connectivity index (χ1) is 12.9. The van der Waals surface area contributed by atoms with Gasteiger partial charge in [0.15, 0.2) is 12.4 Å². The third kappa shape index (κ3) is 4.35. The number of carbonyl (C=O) groups excluding carboxylic acids is 2. The van der Waals surface area contributed by atoms with Gasteiger partial charge in [0.25, 0.3) is 0 Å². The third-order valence-corrected chi connectivity index (χ3v) is 6.23. The maximum atomic E-state index is 12.5. The predicted octanol–water partition coefficient (Wildman–Crippen LogP) is 2.22. The normalized spacial score (nSPS) is 14.8. The number of esters is 1. The average molecular weight is 389 g/mol. The van der Waals surface area contributed by atoms with Crippen LogP contribution in [0.25, 0.3) is 0 Å². The van der Waals surface area contributed by atoms with Crippen LogP contribution in [0.1, 0.15) is 33.6 Å². The quantitative estimate of drug-likeness (QED) is 0.600. The van der Waals surface area contributed by atoms with E-state index in [-0.39, 0.29) is 21.8 Å². The third-order valence-electron chi connectivity index (χ3n) is 4.32. The van der Waals surface area contributed by atoms with E-state index in [1.165, 1.54) is 52.8 Å². The Balaban J connectivity index is 1.62. The number of nitrogens with zero attached hydrogens (tertiary/aromatic N) is 1. The molecule has 142 valence electrons. The van der Waals surface area contributed by atoms with Crippen molar-refractivity contribution >= 4 is 21.8 Å². The lowest BCUT2D eigenvalue weighted by molar-refractivity contribution is 0.0474. The summed E-state index contributed by atoms with van der Waals surface area (Å²) in [6.45, 7) is 0.560. The molecule has 0 aromatic heterocycles. The maximum Gasteiger partial charge on any atom is 0.338 e. The fraction of sp³-hybridized carbons (Fsp3) is 0.263. The largest absolute Gasteiger partial charge is 0.508 e. The molecule has 3 rings (SSSR count). The van der Waals surface area contributed by atoms with Crippen molar-refractivity contribution in [3.8, 4) is 5.75 Å². The Bertz CT molecular complexity index is 929. The van der Waals surface area contributed by atoms with Crippen molar-refractivity contribution in [1.29, 1.82) is 0 Å². The van der Waals surface area contributed by atoms with E-state index in [2.05, 4.69) is 0 Å². The standard InChI is InChI=1S/C19H19NO6S/c21-16-7-3-15(4-8-16)19(23)26-13-18(22)14-5-9-17(10-6-14)27(24,25)20-11-1-2-12-20/h3-10,21H,1-2,11-13H2. The van der Waals surface area contributed by atoms with Gasteiger partial charge in [0, 0.05) is 18.7 Å². The molecule has 7 nitrogen and oxygen atoms in total. The van der Waals surface area contributed by atoms with Crippen LogP contribution in [0.4, 0.5) is 0 Å². The van der Waals surface area contributed by atoms with Crippen molar-refractivity contribution in [2.45, 2.75) is 17.7 Å². The first-order valence-electron chi connectivity index (χ1n) is 8.47. The smallest absolute Gasteiger partial charge is 0.338 e. The molecule has 8 heteroatoms. The van der Waals surface area contributed by atoms with Crippen molar-refractivity contribution in [1.82, 2.24) is 4.31 Å². The van der Waals surface area contributed by atoms with Crippen molar-refractivity contribution in [2.24, 2.45) is 0 Å². The minimum Gasteiger partial charge on any atom is -0.508 e. The van der Waals surface area contributed by atoms with Gasteiger partial charge in [-0.3, -0.25) is 4.79 Å². The second-order valence-corrected chi connectivity index (χ2v) is 8.12. The fourth-order valence-electron chi connectivity index (χ4n) is 2.79. The number of carbonyl (C=O) groups is 2. The predicted molar refractivity (Wildman–Crippen MR) is 97.2 cm³/mol. The minimum atomic E-state index is -3.53. The Morgan fingerprint density at radius 2 is 1.48 bits per heavy atom. The van der Waals surface area contributed by atoms with E-state index in [0.29, 0.717) is 13.1 Å². The summed E-state index contributed by atoms with van der Waals surface area (Å²) >= 11 is 0. The molecule has 27 heavy (non-hydrogen) atoms. The lowest BCUT2D eigenvalue weighted by atomic mass is 10.1. The molecule has 1 heterocycles. The van der Waals surface area contributed by atoms with Crippen LogP contribution in [0.2, 0.25) is 0 Å². The van der Waals surface area contributed by atoms with Gasteiger partial charge >= 0.3 is 5.97 Å². The summed E-state index contributed by atoms with van der Waals surface area (Å²) in [5.41, 5.74) is 0.474. The molecule has 1 fully saturated rings. The van der Waals surface area contributed by atoms with E-state index < -0.39 is 28.4 Å². The van der Waals surface area contributed by atoms with Crippen LogP contribution in [-0.4, -0.2) is 49.3 Å². The number of rotatable bonds is 6. The van der Waals surface area contributed by atoms with Crippen molar-refractivity contribution < 1.29 is 27.9 Å². The summed E-state index contributed by atoms with van der Waals surface area (Å²) < 4.78 is 31.3. The van der Waals surface area contributed by atoms with Crippen LogP contribution >= 0.6 is 0 Å². The lowest BCUT2D eigenvalue weighted by Gasteiger charge is -2.15. The number of hydrogen-bond acceptors (Lipinski definition) is 6. The zero-order valence-corrected chi connectivity index (χ0v) is 15.3. The molecular formula is C19H19NO6S. The molecule has 2 aromatic rings. The van der Waals surface area contributed by atoms with Crippen LogP contribution in [0.3, 0.4) is 0 Å². The van der Waals surface area contributed by atoms with Crippen molar-refractivity contribution in [2.75, 3.05) is 19.7 Å². The van der Waals surface area contributed by atoms with E-state index in [0.717, 1.165) is 12.8 Å². The highest BCUT2D eigenvalue weighted by atomic mass is 32.2. The molecule has 1 aliphatic heterocycles. The number of phenolic OH excluding ortho intramolecular Hbond substituents is 1. The number of ketones is 1. The second kappa shape index (κ2) is 7.89. The number of aromatic hydroxyl groups is 1. The Morgan fingerprint density at radius 1 is 0.926 bits per heavy atom. The molecule has 0 radical (unpaired) electrons. The molecule has 1 N–H and O–H groups in total. The summed E-state index contributed by atoms with van der Waals surface area (Å²) in [5.74, 6) is -1.10. The molecule has 0 spiro atoms. The van der Waals surface area contributed by atoms with Crippen LogP contribution < -0.4 is 0 Å². The van der Waals surface area contributed by atoms with Gasteiger partial charge in [-0.2, -0.15) is 4.31 Å². The van der Waals surface area contributed by atoms with Crippen molar-refractivity contribution in [3.05, 3.63) is 59.7 Å². The molecule has 0 unspecified atom stereocenters. The van der Waals surface area contributed by atoms with Crippen molar-refractivity contribution in [3.63, 3.8) is 0 Å². The Labute approximate surface area is 157 Å². The number of hydrogen-bond donors (Lipinski definition) is 1. The fourth-order valence-corrected chi connectivity index (χ4v) is 4.30. The Kier molecular flexibility index (Phi) is 5.57. The van der Waals surface area contributed by atoms with Gasteiger partial charge in [0.1, 0.15) is 5.75 Å². The van der Waals surface area contributed by atoms with Crippen LogP contribution in [0.5, 0.6) is 5.75 Å². The molecule has 0 saturated carbocycles. The minimum absolute atomic E-state index is 0.0200. The highest BCUT2D eigenvalue weighted by molar-refractivity contribution is 7.89. The van der Waals surface area contributed by atoms with Gasteiger partial charge in [0.2, 0.25) is 10.0 Å². The maximum absolute atomic E-state index is 12.5. The molecule has 1 aliphatic rings. The van der Waals surface area contributed by atoms with Gasteiger partial charge in [0.05, 0.1) is 10.5 Å². The van der Waals surface area contributed by atoms with E-state index in [9.17, 15) is 23.1 Å². The first kappa shape index (κ1) is 19.1. The number of sulfonamides is 1. The van der Waals surface area contributed by atoms with Gasteiger partial charge in [-0.1, -0.05) is 0 Å². The number of ether oxygens (including phenoxy) is 1. The molecular weight excluding hydrogens is 370 g/mol. The van der Waals surface area contributed by atoms with Gasteiger partial charge < -0.3 is 9.84 Å². The SMILES string of the molecule is O=C(COC(=O)c1ccc(O)cc1)c1ccc(S(=O)(=O)N2CCCC2)cc1. The van der Waals surface area contributed by atoms with E-state index in [1.54, 1.807) is 0 Å². The summed E-state index contributed by atoms with van der Waals surface area (Å²) in [6, 6.07) is 11.1. The molecule has 1 saturated heterocycles. The zero-order valence-electron chi connectivity index (χ0n) is 14.5. The summed E-state index contributed by atoms with van der Waals surface area (Å²) in [4.78, 5) is 24.2. The lowest BCUT2D eigenvalue weighted by Crippen LogP contribution is -2.27. The molecule has 0 aliphatic carbocycles. The zero-order chi connectivity index (χ0) is 19.4. The summed E-state index contributed by atoms with van der Waals surface area (Å²) in [5, 5.41) is 9.20. The van der Waals surface area contributed by atoms with Gasteiger partial charge in [-0.05, 0) is 61.4 Å². The molecule has 0 atom stereocenters. The molecule has 0 amide bonds. The van der Waals surface area contributed by atoms with E-state index in [4.69, 9.17) is 4.74 Å². The van der Waals surface area contributed by atoms with Crippen LogP contribution in [0, 0.1) is 0 Å². The molecule has 2 aromatic carbocycles. The summed E-state index contributed by atoms with van der Waals surface area (Å²) in [7, 11) is -3.53. The Morgan fingerprint density at radius 3 is 2.07 bits per heavy atom. The summed E-state index contributed by atoms with van der Waals surface area (Å²) in [6.07, 6.45) is 1.70. The van der Waals surface area contributed by atoms with E-state index >= 15 is 0 Å². The van der Waals surface area contributed by atoms with Crippen LogP contribution in [-0.2, 0) is 14.8 Å². The topological polar surface area (TPSA) is 101 Å². The number of Topliss-reactive ketones (excluding diaryl/α,β-unsaturated/α-hetero) is 1. The monoisotopic (exact) mass is 389 g/mol. The van der Waals surface area contributed by atoms with Gasteiger partial charge in [-0.25, -0.2) is 13.2 Å². The number of benzene rings is 2. The van der Waals surface area contributed by atoms with Crippen LogP contribution in [0.15, 0.2) is 53.4 Å². The average Bonchev–Trinajstić information content (AvgIpc) is 3.22. The van der Waals surface area contributed by atoms with Gasteiger partial charge in [-0.15, -0.1) is 0 Å². The number of phenols is 1. The Hall–Kier alpha value is -2.71. The second-order valence-electron chi connectivity index (χ2n) is 6.18.